The average molecular weight is 401 g/mol. The van der Waals surface area contributed by atoms with Crippen LogP contribution < -0.4 is 4.74 Å². The molecule has 1 aliphatic heterocycles. The van der Waals surface area contributed by atoms with Crippen LogP contribution in [0.4, 0.5) is 0 Å². The number of likely N-dealkylation sites (tertiary alicyclic amines) is 1. The molecular formula is C22H32N4O3. The summed E-state index contributed by atoms with van der Waals surface area (Å²) in [5, 5.41) is 4.22. The summed E-state index contributed by atoms with van der Waals surface area (Å²) in [5.74, 6) is 1.31. The predicted octanol–water partition coefficient (Wildman–Crippen LogP) is 2.32. The van der Waals surface area contributed by atoms with Crippen LogP contribution >= 0.6 is 0 Å². The molecule has 1 aromatic heterocycles. The van der Waals surface area contributed by atoms with Crippen molar-refractivity contribution in [1.29, 1.82) is 0 Å². The van der Waals surface area contributed by atoms with Crippen molar-refractivity contribution in [3.63, 3.8) is 0 Å². The molecule has 1 amide bonds. The molecule has 0 unspecified atom stereocenters. The zero-order chi connectivity index (χ0) is 20.6. The van der Waals surface area contributed by atoms with Crippen molar-refractivity contribution in [3.05, 3.63) is 47.8 Å². The lowest BCUT2D eigenvalue weighted by molar-refractivity contribution is -0.137. The van der Waals surface area contributed by atoms with Gasteiger partial charge in [-0.2, -0.15) is 5.10 Å². The van der Waals surface area contributed by atoms with Crippen molar-refractivity contribution in [2.75, 3.05) is 40.5 Å². The Hall–Kier alpha value is -2.38. The SMILES string of the molecule is COCC(=O)N1CCC[C@@H](COc2cccc(CN(C)Cc3cnn(C)c3)c2)C1. The third-order valence-electron chi connectivity index (χ3n) is 5.19. The summed E-state index contributed by atoms with van der Waals surface area (Å²) in [6, 6.07) is 8.27. The molecule has 1 saturated heterocycles. The van der Waals surface area contributed by atoms with Crippen LogP contribution in [-0.2, 0) is 29.7 Å². The molecule has 0 spiro atoms. The first-order valence-electron chi connectivity index (χ1n) is 10.2. The predicted molar refractivity (Wildman–Crippen MR) is 111 cm³/mol. The number of methoxy groups -OCH3 is 1. The number of hydrogen-bond donors (Lipinski definition) is 0. The van der Waals surface area contributed by atoms with E-state index in [1.165, 1.54) is 11.1 Å². The standard InChI is InChI=1S/C22H32N4O3/c1-24(13-20-11-23-25(2)14-20)12-18-6-4-8-21(10-18)29-16-19-7-5-9-26(15-19)22(27)17-28-3/h4,6,8,10-11,14,19H,5,7,9,12-13,15-17H2,1-3H3/t19-/m1/s1. The highest BCUT2D eigenvalue weighted by atomic mass is 16.5. The largest absolute Gasteiger partial charge is 0.493 e. The smallest absolute Gasteiger partial charge is 0.248 e. The van der Waals surface area contributed by atoms with Gasteiger partial charge in [-0.25, -0.2) is 0 Å². The van der Waals surface area contributed by atoms with Crippen LogP contribution in [0.25, 0.3) is 0 Å². The van der Waals surface area contributed by atoms with E-state index in [1.807, 2.05) is 41.2 Å². The second kappa shape index (κ2) is 10.4. The van der Waals surface area contributed by atoms with Gasteiger partial charge in [-0.15, -0.1) is 0 Å². The number of amides is 1. The van der Waals surface area contributed by atoms with Crippen LogP contribution in [0, 0.1) is 5.92 Å². The number of rotatable bonds is 9. The normalized spacial score (nSPS) is 17.0. The molecular weight excluding hydrogens is 368 g/mol. The zero-order valence-electron chi connectivity index (χ0n) is 17.7. The Labute approximate surface area is 173 Å². The lowest BCUT2D eigenvalue weighted by atomic mass is 9.99. The minimum atomic E-state index is 0.0656. The number of piperidine rings is 1. The summed E-state index contributed by atoms with van der Waals surface area (Å²) in [7, 11) is 5.60. The molecule has 0 N–H and O–H groups in total. The second-order valence-electron chi connectivity index (χ2n) is 7.93. The van der Waals surface area contributed by atoms with E-state index in [9.17, 15) is 4.79 Å². The quantitative estimate of drug-likeness (QED) is 0.647. The van der Waals surface area contributed by atoms with Crippen LogP contribution in [-0.4, -0.2) is 65.9 Å². The maximum atomic E-state index is 12.0. The van der Waals surface area contributed by atoms with Crippen LogP contribution in [0.5, 0.6) is 5.75 Å². The van der Waals surface area contributed by atoms with E-state index in [-0.39, 0.29) is 12.5 Å². The van der Waals surface area contributed by atoms with Crippen molar-refractivity contribution in [2.24, 2.45) is 13.0 Å². The van der Waals surface area contributed by atoms with E-state index < -0.39 is 0 Å². The van der Waals surface area contributed by atoms with Crippen LogP contribution in [0.15, 0.2) is 36.7 Å². The highest BCUT2D eigenvalue weighted by molar-refractivity contribution is 5.77. The Bertz CT molecular complexity index is 792. The third-order valence-corrected chi connectivity index (χ3v) is 5.19. The molecule has 0 aliphatic carbocycles. The highest BCUT2D eigenvalue weighted by Crippen LogP contribution is 2.20. The average Bonchev–Trinajstić information content (AvgIpc) is 3.11. The summed E-state index contributed by atoms with van der Waals surface area (Å²) in [6.07, 6.45) is 6.05. The Morgan fingerprint density at radius 1 is 1.31 bits per heavy atom. The fourth-order valence-electron chi connectivity index (χ4n) is 3.82. The van der Waals surface area contributed by atoms with Gasteiger partial charge in [0.25, 0.3) is 0 Å². The number of hydrogen-bond acceptors (Lipinski definition) is 5. The molecule has 29 heavy (non-hydrogen) atoms. The monoisotopic (exact) mass is 400 g/mol. The van der Waals surface area contributed by atoms with Gasteiger partial charge in [0.2, 0.25) is 5.91 Å². The minimum Gasteiger partial charge on any atom is -0.493 e. The lowest BCUT2D eigenvalue weighted by Crippen LogP contribution is -2.43. The van der Waals surface area contributed by atoms with Crippen molar-refractivity contribution < 1.29 is 14.3 Å². The summed E-state index contributed by atoms with van der Waals surface area (Å²) < 4.78 is 12.9. The molecule has 0 radical (unpaired) electrons. The Morgan fingerprint density at radius 3 is 2.90 bits per heavy atom. The molecule has 0 bridgehead atoms. The van der Waals surface area contributed by atoms with Crippen LogP contribution in [0.3, 0.4) is 0 Å². The molecule has 3 rings (SSSR count). The number of aryl methyl sites for hydroxylation is 1. The molecule has 158 valence electrons. The molecule has 1 aromatic carbocycles. The number of carbonyl (C=O) groups is 1. The summed E-state index contributed by atoms with van der Waals surface area (Å²) in [5.41, 5.74) is 2.42. The van der Waals surface area contributed by atoms with Gasteiger partial charge in [0.15, 0.2) is 0 Å². The highest BCUT2D eigenvalue weighted by Gasteiger charge is 2.23. The van der Waals surface area contributed by atoms with Gasteiger partial charge in [-0.05, 0) is 37.6 Å². The summed E-state index contributed by atoms with van der Waals surface area (Å²) >= 11 is 0. The summed E-state index contributed by atoms with van der Waals surface area (Å²) in [6.45, 7) is 4.04. The van der Waals surface area contributed by atoms with E-state index in [0.717, 1.165) is 44.8 Å². The maximum absolute atomic E-state index is 12.0. The maximum Gasteiger partial charge on any atom is 0.248 e. The number of aromatic nitrogens is 2. The van der Waals surface area contributed by atoms with Gasteiger partial charge in [-0.1, -0.05) is 12.1 Å². The first kappa shape index (κ1) is 21.3. The van der Waals surface area contributed by atoms with E-state index in [1.54, 1.807) is 7.11 Å². The number of benzene rings is 1. The number of carbonyl (C=O) groups excluding carboxylic acids is 1. The molecule has 1 aliphatic rings. The third kappa shape index (κ3) is 6.58. The van der Waals surface area contributed by atoms with Crippen molar-refractivity contribution in [2.45, 2.75) is 25.9 Å². The van der Waals surface area contributed by atoms with Crippen molar-refractivity contribution in [1.82, 2.24) is 19.6 Å². The summed E-state index contributed by atoms with van der Waals surface area (Å²) in [4.78, 5) is 16.2. The Morgan fingerprint density at radius 2 is 2.14 bits per heavy atom. The van der Waals surface area contributed by atoms with Crippen LogP contribution in [0.2, 0.25) is 0 Å². The van der Waals surface area contributed by atoms with Gasteiger partial charge >= 0.3 is 0 Å². The first-order chi connectivity index (χ1) is 14.0. The lowest BCUT2D eigenvalue weighted by Gasteiger charge is -2.32. The molecule has 7 nitrogen and oxygen atoms in total. The van der Waals surface area contributed by atoms with Crippen LogP contribution in [0.1, 0.15) is 24.0 Å². The van der Waals surface area contributed by atoms with Gasteiger partial charge in [-0.3, -0.25) is 14.4 Å². The van der Waals surface area contributed by atoms with E-state index in [2.05, 4.69) is 29.2 Å². The molecule has 0 saturated carbocycles. The molecule has 1 fully saturated rings. The first-order valence-corrected chi connectivity index (χ1v) is 10.2. The number of nitrogens with zero attached hydrogens (tertiary/aromatic N) is 4. The van der Waals surface area contributed by atoms with Crippen molar-refractivity contribution >= 4 is 5.91 Å². The molecule has 2 heterocycles. The van der Waals surface area contributed by atoms with Crippen molar-refractivity contribution in [3.8, 4) is 5.75 Å². The Balaban J connectivity index is 1.48. The fraction of sp³-hybridized carbons (Fsp3) is 0.545. The molecule has 7 heteroatoms. The topological polar surface area (TPSA) is 59.8 Å². The second-order valence-corrected chi connectivity index (χ2v) is 7.93. The van der Waals surface area contributed by atoms with E-state index >= 15 is 0 Å². The molecule has 1 atom stereocenters. The molecule has 2 aromatic rings. The fourth-order valence-corrected chi connectivity index (χ4v) is 3.82. The zero-order valence-corrected chi connectivity index (χ0v) is 17.7. The van der Waals surface area contributed by atoms with E-state index in [0.29, 0.717) is 12.5 Å². The number of ether oxygens (including phenoxy) is 2. The minimum absolute atomic E-state index is 0.0656. The van der Waals surface area contributed by atoms with E-state index in [4.69, 9.17) is 9.47 Å². The van der Waals surface area contributed by atoms with Gasteiger partial charge in [0.1, 0.15) is 12.4 Å². The van der Waals surface area contributed by atoms with Gasteiger partial charge in [0, 0.05) is 58.0 Å². The Kier molecular flexibility index (Phi) is 7.66. The van der Waals surface area contributed by atoms with Gasteiger partial charge < -0.3 is 14.4 Å². The van der Waals surface area contributed by atoms with Gasteiger partial charge in [0.05, 0.1) is 12.8 Å².